The minimum absolute atomic E-state index is 0.0650. The Morgan fingerprint density at radius 2 is 1.71 bits per heavy atom. The van der Waals surface area contributed by atoms with Gasteiger partial charge < -0.3 is 0 Å². The van der Waals surface area contributed by atoms with Crippen molar-refractivity contribution in [3.05, 3.63) is 45.5 Å². The predicted molar refractivity (Wildman–Crippen MR) is 54.0 cm³/mol. The van der Waals surface area contributed by atoms with Crippen molar-refractivity contribution in [2.24, 2.45) is 0 Å². The van der Waals surface area contributed by atoms with Gasteiger partial charge in [-0.3, -0.25) is 9.59 Å². The highest BCUT2D eigenvalue weighted by Crippen LogP contribution is 2.25. The third-order valence-electron chi connectivity index (χ3n) is 1.97. The summed E-state index contributed by atoms with van der Waals surface area (Å²) >= 11 is 11.3. The average molecular weight is 227 g/mol. The molecule has 0 amide bonds. The van der Waals surface area contributed by atoms with E-state index in [0.717, 1.165) is 6.08 Å². The first kappa shape index (κ1) is 9.44. The summed E-state index contributed by atoms with van der Waals surface area (Å²) in [6.45, 7) is 0. The third-order valence-corrected chi connectivity index (χ3v) is 2.48. The lowest BCUT2D eigenvalue weighted by Crippen LogP contribution is -2.14. The monoisotopic (exact) mass is 226 g/mol. The third kappa shape index (κ3) is 1.37. The van der Waals surface area contributed by atoms with Gasteiger partial charge in [-0.2, -0.15) is 0 Å². The number of carbonyl (C=O) groups excluding carboxylic acids is 2. The van der Waals surface area contributed by atoms with Crippen LogP contribution in [-0.2, 0) is 0 Å². The highest BCUT2D eigenvalue weighted by atomic mass is 35.5. The Balaban J connectivity index is 2.69. The average Bonchev–Trinajstić information content (AvgIpc) is 2.14. The maximum Gasteiger partial charge on any atom is 0.205 e. The molecule has 0 fully saturated rings. The lowest BCUT2D eigenvalue weighted by Gasteiger charge is -2.10. The molecule has 0 aliphatic heterocycles. The van der Waals surface area contributed by atoms with Crippen molar-refractivity contribution >= 4 is 34.8 Å². The van der Waals surface area contributed by atoms with E-state index in [-0.39, 0.29) is 22.2 Å². The quantitative estimate of drug-likeness (QED) is 0.682. The zero-order valence-electron chi connectivity index (χ0n) is 6.88. The van der Waals surface area contributed by atoms with Crippen molar-refractivity contribution in [3.8, 4) is 0 Å². The number of benzene rings is 1. The van der Waals surface area contributed by atoms with Crippen LogP contribution in [0.5, 0.6) is 0 Å². The molecule has 0 saturated carbocycles. The van der Waals surface area contributed by atoms with E-state index in [9.17, 15) is 9.59 Å². The summed E-state index contributed by atoms with van der Waals surface area (Å²) in [5.41, 5.74) is 0.624. The molecule has 1 aliphatic carbocycles. The highest BCUT2D eigenvalue weighted by Gasteiger charge is 2.24. The fourth-order valence-electron chi connectivity index (χ4n) is 1.31. The molecule has 1 aliphatic rings. The van der Waals surface area contributed by atoms with Crippen LogP contribution in [0.4, 0.5) is 0 Å². The second-order valence-corrected chi connectivity index (χ2v) is 3.72. The Kier molecular flexibility index (Phi) is 2.17. The zero-order valence-corrected chi connectivity index (χ0v) is 8.39. The molecule has 14 heavy (non-hydrogen) atoms. The molecule has 0 bridgehead atoms. The second-order valence-electron chi connectivity index (χ2n) is 2.88. The van der Waals surface area contributed by atoms with Crippen LogP contribution in [0.25, 0.3) is 0 Å². The molecule has 0 heterocycles. The van der Waals surface area contributed by atoms with Crippen LogP contribution in [0, 0.1) is 0 Å². The number of allylic oxidation sites excluding steroid dienone is 2. The lowest BCUT2D eigenvalue weighted by molar-refractivity contribution is 0.0990. The molecule has 70 valence electrons. The van der Waals surface area contributed by atoms with E-state index in [1.807, 2.05) is 0 Å². The first-order valence-electron chi connectivity index (χ1n) is 3.85. The van der Waals surface area contributed by atoms with Gasteiger partial charge in [0.05, 0.1) is 5.03 Å². The van der Waals surface area contributed by atoms with Crippen LogP contribution < -0.4 is 0 Å². The van der Waals surface area contributed by atoms with Crippen LogP contribution in [0.3, 0.4) is 0 Å². The van der Waals surface area contributed by atoms with E-state index in [1.54, 1.807) is 6.07 Å². The maximum atomic E-state index is 11.5. The SMILES string of the molecule is O=C1C=C(Cl)C(=O)c2cc(Cl)ccc21. The van der Waals surface area contributed by atoms with Gasteiger partial charge in [0, 0.05) is 22.2 Å². The fourth-order valence-corrected chi connectivity index (χ4v) is 1.68. The Labute approximate surface area is 90.1 Å². The standard InChI is InChI=1S/C10H4Cl2O2/c11-5-1-2-6-7(3-5)10(14)8(12)4-9(6)13/h1-4H. The minimum Gasteiger partial charge on any atom is -0.289 e. The summed E-state index contributed by atoms with van der Waals surface area (Å²) < 4.78 is 0. The highest BCUT2D eigenvalue weighted by molar-refractivity contribution is 6.49. The number of hydrogen-bond acceptors (Lipinski definition) is 2. The molecular formula is C10H4Cl2O2. The van der Waals surface area contributed by atoms with Crippen molar-refractivity contribution in [2.45, 2.75) is 0 Å². The number of carbonyl (C=O) groups is 2. The van der Waals surface area contributed by atoms with Crippen molar-refractivity contribution in [1.29, 1.82) is 0 Å². The number of rotatable bonds is 0. The van der Waals surface area contributed by atoms with Gasteiger partial charge in [0.15, 0.2) is 5.78 Å². The van der Waals surface area contributed by atoms with Crippen molar-refractivity contribution in [3.63, 3.8) is 0 Å². The van der Waals surface area contributed by atoms with Gasteiger partial charge in [-0.05, 0) is 18.2 Å². The smallest absolute Gasteiger partial charge is 0.205 e. The fraction of sp³-hybridized carbons (Fsp3) is 0. The van der Waals surface area contributed by atoms with Crippen LogP contribution in [0.2, 0.25) is 5.02 Å². The Bertz CT molecular complexity index is 475. The molecule has 4 heteroatoms. The maximum absolute atomic E-state index is 11.5. The number of fused-ring (bicyclic) bond motifs is 1. The number of Topliss-reactive ketones (excluding diaryl/α,β-unsaturated/α-hetero) is 1. The van der Waals surface area contributed by atoms with E-state index in [0.29, 0.717) is 10.6 Å². The van der Waals surface area contributed by atoms with Gasteiger partial charge in [-0.25, -0.2) is 0 Å². The van der Waals surface area contributed by atoms with Crippen LogP contribution in [0.15, 0.2) is 29.3 Å². The van der Waals surface area contributed by atoms with Gasteiger partial charge >= 0.3 is 0 Å². The topological polar surface area (TPSA) is 34.1 Å². The molecule has 0 atom stereocenters. The van der Waals surface area contributed by atoms with Crippen molar-refractivity contribution < 1.29 is 9.59 Å². The number of ketones is 2. The summed E-state index contributed by atoms with van der Waals surface area (Å²) in [4.78, 5) is 22.9. The Morgan fingerprint density at radius 1 is 1.00 bits per heavy atom. The van der Waals surface area contributed by atoms with E-state index < -0.39 is 0 Å². The summed E-state index contributed by atoms with van der Waals surface area (Å²) in [7, 11) is 0. The summed E-state index contributed by atoms with van der Waals surface area (Å²) in [6.07, 6.45) is 1.13. The molecule has 0 radical (unpaired) electrons. The van der Waals surface area contributed by atoms with E-state index >= 15 is 0 Å². The molecule has 0 N–H and O–H groups in total. The molecule has 1 aromatic carbocycles. The number of halogens is 2. The lowest BCUT2D eigenvalue weighted by atomic mass is 9.95. The molecule has 2 rings (SSSR count). The summed E-state index contributed by atoms with van der Waals surface area (Å²) in [5.74, 6) is -0.620. The molecule has 0 spiro atoms. The van der Waals surface area contributed by atoms with E-state index in [4.69, 9.17) is 23.2 Å². The van der Waals surface area contributed by atoms with Crippen LogP contribution in [-0.4, -0.2) is 11.6 Å². The van der Waals surface area contributed by atoms with E-state index in [2.05, 4.69) is 0 Å². The molecule has 1 aromatic rings. The normalized spacial score (nSPS) is 15.1. The molecule has 2 nitrogen and oxygen atoms in total. The van der Waals surface area contributed by atoms with Crippen LogP contribution >= 0.6 is 23.2 Å². The van der Waals surface area contributed by atoms with Crippen molar-refractivity contribution in [2.75, 3.05) is 0 Å². The number of hydrogen-bond donors (Lipinski definition) is 0. The first-order chi connectivity index (χ1) is 6.59. The summed E-state index contributed by atoms with van der Waals surface area (Å²) in [5, 5.41) is 0.348. The van der Waals surface area contributed by atoms with Gasteiger partial charge in [-0.15, -0.1) is 0 Å². The predicted octanol–water partition coefficient (Wildman–Crippen LogP) is 2.84. The summed E-state index contributed by atoms with van der Waals surface area (Å²) in [6, 6.07) is 4.54. The van der Waals surface area contributed by atoms with Gasteiger partial charge in [-0.1, -0.05) is 23.2 Å². The minimum atomic E-state index is -0.358. The zero-order chi connectivity index (χ0) is 10.3. The molecular weight excluding hydrogens is 223 g/mol. The van der Waals surface area contributed by atoms with Gasteiger partial charge in [0.25, 0.3) is 0 Å². The van der Waals surface area contributed by atoms with Gasteiger partial charge in [0.1, 0.15) is 0 Å². The second kappa shape index (κ2) is 3.23. The Hall–Kier alpha value is -1.12. The van der Waals surface area contributed by atoms with Gasteiger partial charge in [0.2, 0.25) is 5.78 Å². The van der Waals surface area contributed by atoms with E-state index in [1.165, 1.54) is 12.1 Å². The van der Waals surface area contributed by atoms with Crippen molar-refractivity contribution in [1.82, 2.24) is 0 Å². The molecule has 0 aromatic heterocycles. The van der Waals surface area contributed by atoms with Crippen LogP contribution in [0.1, 0.15) is 20.7 Å². The molecule has 0 unspecified atom stereocenters. The largest absolute Gasteiger partial charge is 0.289 e. The first-order valence-corrected chi connectivity index (χ1v) is 4.61. The Morgan fingerprint density at radius 3 is 2.43 bits per heavy atom. The molecule has 0 saturated heterocycles.